The molecule has 0 saturated carbocycles. The van der Waals surface area contributed by atoms with Crippen molar-refractivity contribution < 1.29 is 22.8 Å². The Morgan fingerprint density at radius 3 is 2.67 bits per heavy atom. The molecule has 6 nitrogen and oxygen atoms in total. The van der Waals surface area contributed by atoms with E-state index in [-0.39, 0.29) is 17.2 Å². The molecule has 1 aromatic carbocycles. The third-order valence-electron chi connectivity index (χ3n) is 5.30. The molecule has 170 valence electrons. The number of nitriles is 1. The molecule has 2 aromatic rings. The summed E-state index contributed by atoms with van der Waals surface area (Å²) in [4.78, 5) is 34.0. The fourth-order valence-corrected chi connectivity index (χ4v) is 3.48. The maximum Gasteiger partial charge on any atom is 0.416 e. The molecule has 0 aliphatic carbocycles. The number of carbonyl (C=O) groups excluding carboxylic acids is 2. The van der Waals surface area contributed by atoms with Crippen molar-refractivity contribution in [2.75, 3.05) is 0 Å². The fraction of sp³-hybridized carbons (Fsp3) is 0.292. The lowest BCUT2D eigenvalue weighted by Gasteiger charge is -2.22. The van der Waals surface area contributed by atoms with Crippen molar-refractivity contribution in [3.05, 3.63) is 76.8 Å². The molecule has 9 heteroatoms. The molecule has 0 spiro atoms. The van der Waals surface area contributed by atoms with Gasteiger partial charge in [-0.2, -0.15) is 18.4 Å². The summed E-state index contributed by atoms with van der Waals surface area (Å²) in [7, 11) is 0. The van der Waals surface area contributed by atoms with Crippen LogP contribution in [-0.4, -0.2) is 28.4 Å². The Hall–Kier alpha value is -3.80. The maximum atomic E-state index is 13.1. The highest BCUT2D eigenvalue weighted by molar-refractivity contribution is 6.28. The molecular weight excluding hydrogens is 433 g/mol. The summed E-state index contributed by atoms with van der Waals surface area (Å²) < 4.78 is 39.3. The zero-order valence-corrected chi connectivity index (χ0v) is 18.0. The number of benzene rings is 1. The monoisotopic (exact) mass is 454 g/mol. The molecule has 0 saturated heterocycles. The molecule has 3 rings (SSSR count). The normalized spacial score (nSPS) is 17.0. The highest BCUT2D eigenvalue weighted by atomic mass is 19.4. The second kappa shape index (κ2) is 9.77. The largest absolute Gasteiger partial charge is 0.416 e. The Balaban J connectivity index is 1.68. The molecule has 1 amide bonds. The number of aliphatic imine (C=N–C) groups is 1. The number of pyridine rings is 1. The number of carbonyl (C=O) groups is 2. The first kappa shape index (κ1) is 23.9. The van der Waals surface area contributed by atoms with Crippen LogP contribution in [0, 0.1) is 11.3 Å². The van der Waals surface area contributed by atoms with Crippen LogP contribution in [-0.2, 0) is 22.2 Å². The third kappa shape index (κ3) is 5.71. The molecule has 1 N–H and O–H groups in total. The second-order valence-corrected chi connectivity index (χ2v) is 7.80. The van der Waals surface area contributed by atoms with Gasteiger partial charge in [0.25, 0.3) is 5.91 Å². The molecule has 0 bridgehead atoms. The van der Waals surface area contributed by atoms with Crippen molar-refractivity contribution in [1.82, 2.24) is 10.3 Å². The van der Waals surface area contributed by atoms with Crippen LogP contribution in [0.4, 0.5) is 13.2 Å². The van der Waals surface area contributed by atoms with Gasteiger partial charge in [-0.25, -0.2) is 0 Å². The van der Waals surface area contributed by atoms with Gasteiger partial charge in [-0.05, 0) is 50.5 Å². The first-order valence-corrected chi connectivity index (χ1v) is 10.2. The second-order valence-electron chi connectivity index (χ2n) is 7.80. The van der Waals surface area contributed by atoms with E-state index in [2.05, 4.69) is 15.3 Å². The molecule has 2 unspecified atom stereocenters. The number of halogens is 3. The maximum absolute atomic E-state index is 13.1. The lowest BCUT2D eigenvalue weighted by Crippen LogP contribution is -2.38. The minimum Gasteiger partial charge on any atom is -0.349 e. The van der Waals surface area contributed by atoms with Gasteiger partial charge < -0.3 is 5.32 Å². The van der Waals surface area contributed by atoms with E-state index in [4.69, 9.17) is 5.26 Å². The molecule has 0 radical (unpaired) electrons. The summed E-state index contributed by atoms with van der Waals surface area (Å²) in [6.07, 6.45) is -0.839. The Labute approximate surface area is 188 Å². The summed E-state index contributed by atoms with van der Waals surface area (Å²) in [5, 5.41) is 11.6. The van der Waals surface area contributed by atoms with Crippen LogP contribution in [0.2, 0.25) is 0 Å². The average molecular weight is 454 g/mol. The van der Waals surface area contributed by atoms with Crippen LogP contribution < -0.4 is 5.32 Å². The number of aryl methyl sites for hydroxylation is 1. The third-order valence-corrected chi connectivity index (χ3v) is 5.30. The average Bonchev–Trinajstić information content (AvgIpc) is 2.77. The zero-order chi connectivity index (χ0) is 24.2. The smallest absolute Gasteiger partial charge is 0.349 e. The van der Waals surface area contributed by atoms with E-state index in [0.717, 1.165) is 24.0 Å². The van der Waals surface area contributed by atoms with Gasteiger partial charge in [-0.1, -0.05) is 18.2 Å². The standard InChI is InChI=1S/C24H21F3N4O2/c1-14(6-8-19-9-7-16(11-28)12-30-19)31-23(33)20-13-29-15(2)21(22(20)32)17-4-3-5-18(10-17)24(25,26)27/h3-5,7,9-10,12-14,21H,6,8H2,1-2H3,(H,31,33). The van der Waals surface area contributed by atoms with Gasteiger partial charge in [-0.15, -0.1) is 0 Å². The molecule has 33 heavy (non-hydrogen) atoms. The molecule has 1 aliphatic rings. The molecule has 1 aliphatic heterocycles. The summed E-state index contributed by atoms with van der Waals surface area (Å²) in [5.41, 5.74) is 0.588. The Morgan fingerprint density at radius 1 is 1.27 bits per heavy atom. The van der Waals surface area contributed by atoms with Crippen LogP contribution in [0.5, 0.6) is 0 Å². The summed E-state index contributed by atoms with van der Waals surface area (Å²) >= 11 is 0. The number of alkyl halides is 3. The first-order valence-electron chi connectivity index (χ1n) is 10.2. The lowest BCUT2D eigenvalue weighted by molar-refractivity contribution is -0.137. The lowest BCUT2D eigenvalue weighted by atomic mass is 9.84. The van der Waals surface area contributed by atoms with Gasteiger partial charge in [0.1, 0.15) is 11.6 Å². The van der Waals surface area contributed by atoms with E-state index >= 15 is 0 Å². The van der Waals surface area contributed by atoms with Gasteiger partial charge in [0.2, 0.25) is 0 Å². The number of ketones is 1. The quantitative estimate of drug-likeness (QED) is 0.665. The Morgan fingerprint density at radius 2 is 2.03 bits per heavy atom. The van der Waals surface area contributed by atoms with Crippen LogP contribution in [0.1, 0.15) is 48.6 Å². The number of amides is 1. The Bertz CT molecular complexity index is 1160. The van der Waals surface area contributed by atoms with Gasteiger partial charge in [0.15, 0.2) is 5.78 Å². The number of Topliss-reactive ketones (excluding diaryl/α,β-unsaturated/α-hetero) is 1. The van der Waals surface area contributed by atoms with Gasteiger partial charge in [-0.3, -0.25) is 19.6 Å². The predicted octanol–water partition coefficient (Wildman–Crippen LogP) is 4.12. The van der Waals surface area contributed by atoms with Crippen molar-refractivity contribution in [2.24, 2.45) is 4.99 Å². The SMILES string of the molecule is CC1=NC=C(C(=O)NC(C)CCc2ccc(C#N)cn2)C(=O)C1c1cccc(C(F)(F)F)c1. The van der Waals surface area contributed by atoms with Crippen LogP contribution in [0.15, 0.2) is 59.4 Å². The van der Waals surface area contributed by atoms with Gasteiger partial charge in [0, 0.05) is 29.8 Å². The first-order chi connectivity index (χ1) is 15.6. The molecular formula is C24H21F3N4O2. The minimum atomic E-state index is -4.55. The van der Waals surface area contributed by atoms with E-state index in [0.29, 0.717) is 24.1 Å². The van der Waals surface area contributed by atoms with Crippen LogP contribution in [0.25, 0.3) is 0 Å². The van der Waals surface area contributed by atoms with Crippen molar-refractivity contribution in [3.63, 3.8) is 0 Å². The van der Waals surface area contributed by atoms with Crippen LogP contribution in [0.3, 0.4) is 0 Å². The van der Waals surface area contributed by atoms with Crippen molar-refractivity contribution in [1.29, 1.82) is 5.26 Å². The van der Waals surface area contributed by atoms with E-state index in [9.17, 15) is 22.8 Å². The summed E-state index contributed by atoms with van der Waals surface area (Å²) in [5.74, 6) is -2.29. The number of aromatic nitrogens is 1. The number of hydrogen-bond donors (Lipinski definition) is 1. The van der Waals surface area contributed by atoms with Crippen molar-refractivity contribution in [3.8, 4) is 6.07 Å². The summed E-state index contributed by atoms with van der Waals surface area (Å²) in [6, 6.07) is 9.57. The number of rotatable bonds is 6. The van der Waals surface area contributed by atoms with E-state index in [1.54, 1.807) is 26.0 Å². The number of hydrogen-bond acceptors (Lipinski definition) is 5. The highest BCUT2D eigenvalue weighted by Crippen LogP contribution is 2.33. The van der Waals surface area contributed by atoms with E-state index in [1.165, 1.54) is 18.3 Å². The Kier molecular flexibility index (Phi) is 7.07. The molecule has 2 heterocycles. The number of nitrogens with one attached hydrogen (secondary N) is 1. The number of nitrogens with zero attached hydrogens (tertiary/aromatic N) is 3. The predicted molar refractivity (Wildman–Crippen MR) is 115 cm³/mol. The molecule has 1 aromatic heterocycles. The highest BCUT2D eigenvalue weighted by Gasteiger charge is 2.35. The van der Waals surface area contributed by atoms with Crippen molar-refractivity contribution >= 4 is 17.4 Å². The molecule has 2 atom stereocenters. The zero-order valence-electron chi connectivity index (χ0n) is 18.0. The van der Waals surface area contributed by atoms with E-state index < -0.39 is 29.3 Å². The topological polar surface area (TPSA) is 95.2 Å². The summed E-state index contributed by atoms with van der Waals surface area (Å²) in [6.45, 7) is 3.31. The molecule has 0 fully saturated rings. The van der Waals surface area contributed by atoms with Gasteiger partial charge >= 0.3 is 6.18 Å². The van der Waals surface area contributed by atoms with Crippen molar-refractivity contribution in [2.45, 2.75) is 44.8 Å². The van der Waals surface area contributed by atoms with E-state index in [1.807, 2.05) is 6.07 Å². The van der Waals surface area contributed by atoms with Crippen LogP contribution >= 0.6 is 0 Å². The minimum absolute atomic E-state index is 0.134. The fourth-order valence-electron chi connectivity index (χ4n) is 3.48. The van der Waals surface area contributed by atoms with Gasteiger partial charge in [0.05, 0.1) is 17.0 Å².